The van der Waals surface area contributed by atoms with E-state index in [1.165, 1.54) is 16.7 Å². The van der Waals surface area contributed by atoms with Crippen LogP contribution in [0.5, 0.6) is 0 Å². The van der Waals surface area contributed by atoms with E-state index in [4.69, 9.17) is 4.74 Å². The molecule has 1 aliphatic rings. The highest BCUT2D eigenvalue weighted by Crippen LogP contribution is 2.26. The van der Waals surface area contributed by atoms with Crippen molar-refractivity contribution >= 4 is 63.0 Å². The third-order valence-corrected chi connectivity index (χ3v) is 6.42. The molecule has 0 spiro atoms. The molecule has 1 fully saturated rings. The number of benzene rings is 1. The van der Waals surface area contributed by atoms with Crippen LogP contribution in [-0.4, -0.2) is 56.2 Å². The number of rotatable bonds is 8. The fourth-order valence-corrected chi connectivity index (χ4v) is 4.61. The molecular formula is C17H16N4O5S3. The van der Waals surface area contributed by atoms with E-state index in [-0.39, 0.29) is 35.2 Å². The first-order valence-electron chi connectivity index (χ1n) is 8.45. The van der Waals surface area contributed by atoms with Crippen molar-refractivity contribution in [1.29, 1.82) is 0 Å². The van der Waals surface area contributed by atoms with Gasteiger partial charge in [-0.25, -0.2) is 0 Å². The summed E-state index contributed by atoms with van der Waals surface area (Å²) in [6.07, 6.45) is 0. The molecule has 0 unspecified atom stereocenters. The van der Waals surface area contributed by atoms with Gasteiger partial charge in [-0.1, -0.05) is 47.0 Å². The van der Waals surface area contributed by atoms with Gasteiger partial charge in [0, 0.05) is 5.56 Å². The van der Waals surface area contributed by atoms with Gasteiger partial charge >= 0.3 is 5.97 Å². The average Bonchev–Trinajstić information content (AvgIpc) is 3.28. The lowest BCUT2D eigenvalue weighted by Gasteiger charge is -2.13. The minimum absolute atomic E-state index is 0.116. The van der Waals surface area contributed by atoms with Gasteiger partial charge in [0.15, 0.2) is 4.34 Å². The Kier molecular flexibility index (Phi) is 7.23. The second-order valence-electron chi connectivity index (χ2n) is 5.66. The Morgan fingerprint density at radius 3 is 2.86 bits per heavy atom. The molecule has 1 N–H and O–H groups in total. The number of imide groups is 1. The van der Waals surface area contributed by atoms with E-state index in [0.717, 1.165) is 23.1 Å². The Morgan fingerprint density at radius 2 is 2.14 bits per heavy atom. The third kappa shape index (κ3) is 5.78. The predicted molar refractivity (Wildman–Crippen MR) is 110 cm³/mol. The summed E-state index contributed by atoms with van der Waals surface area (Å²) < 4.78 is 5.38. The van der Waals surface area contributed by atoms with Crippen LogP contribution in [0.15, 0.2) is 28.6 Å². The summed E-state index contributed by atoms with van der Waals surface area (Å²) in [5.74, 6) is -0.713. The molecule has 152 valence electrons. The molecule has 1 aromatic carbocycles. The molecule has 1 saturated heterocycles. The maximum absolute atomic E-state index is 12.5. The number of anilines is 1. The van der Waals surface area contributed by atoms with E-state index < -0.39 is 5.91 Å². The monoisotopic (exact) mass is 452 g/mol. The van der Waals surface area contributed by atoms with Crippen molar-refractivity contribution < 1.29 is 23.9 Å². The lowest BCUT2D eigenvalue weighted by Crippen LogP contribution is -2.28. The standard InChI is InChI=1S/C17H16N4O5S3/c1-2-26-13(23)9-27-16-20-19-15(29-16)18-14(24)11-5-3-4-10(6-11)7-21-12(22)8-28-17(21)25/h3-6H,2,7-9H2,1H3,(H,18,19,24). The van der Waals surface area contributed by atoms with Gasteiger partial charge in [0.2, 0.25) is 11.0 Å². The lowest BCUT2D eigenvalue weighted by atomic mass is 10.1. The molecule has 0 saturated carbocycles. The molecule has 0 aliphatic carbocycles. The van der Waals surface area contributed by atoms with Crippen LogP contribution in [0, 0.1) is 0 Å². The second kappa shape index (κ2) is 9.85. The molecule has 1 aliphatic heterocycles. The number of aromatic nitrogens is 2. The van der Waals surface area contributed by atoms with Gasteiger partial charge in [0.1, 0.15) is 0 Å². The van der Waals surface area contributed by atoms with Crippen LogP contribution in [-0.2, 0) is 20.9 Å². The number of thioether (sulfide) groups is 2. The van der Waals surface area contributed by atoms with Crippen molar-refractivity contribution in [2.75, 3.05) is 23.4 Å². The number of hydrogen-bond donors (Lipinski definition) is 1. The maximum Gasteiger partial charge on any atom is 0.316 e. The fraction of sp³-hybridized carbons (Fsp3) is 0.294. The minimum Gasteiger partial charge on any atom is -0.465 e. The van der Waals surface area contributed by atoms with Gasteiger partial charge in [0.05, 0.1) is 24.7 Å². The highest BCUT2D eigenvalue weighted by molar-refractivity contribution is 8.14. The first-order chi connectivity index (χ1) is 14.0. The number of carbonyl (C=O) groups excluding carboxylic acids is 4. The van der Waals surface area contributed by atoms with Crippen LogP contribution in [0.3, 0.4) is 0 Å². The average molecular weight is 453 g/mol. The van der Waals surface area contributed by atoms with Crippen LogP contribution >= 0.6 is 34.9 Å². The molecule has 3 amide bonds. The van der Waals surface area contributed by atoms with Crippen LogP contribution in [0.1, 0.15) is 22.8 Å². The molecule has 3 rings (SSSR count). The molecule has 0 radical (unpaired) electrons. The maximum atomic E-state index is 12.5. The number of amides is 3. The second-order valence-corrected chi connectivity index (χ2v) is 8.78. The third-order valence-electron chi connectivity index (χ3n) is 3.62. The number of nitrogens with one attached hydrogen (secondary N) is 1. The van der Waals surface area contributed by atoms with Crippen LogP contribution in [0.25, 0.3) is 0 Å². The first-order valence-corrected chi connectivity index (χ1v) is 11.2. The Labute approximate surface area is 178 Å². The first kappa shape index (κ1) is 21.3. The van der Waals surface area contributed by atoms with Gasteiger partial charge < -0.3 is 4.74 Å². The Hall–Kier alpha value is -2.44. The molecule has 29 heavy (non-hydrogen) atoms. The Balaban J connectivity index is 1.59. The SMILES string of the molecule is CCOC(=O)CSc1nnc(NC(=O)c2cccc(CN3C(=O)CSC3=O)c2)s1. The zero-order chi connectivity index (χ0) is 20.8. The minimum atomic E-state index is -0.390. The van der Waals surface area contributed by atoms with Gasteiger partial charge in [0.25, 0.3) is 11.1 Å². The van der Waals surface area contributed by atoms with E-state index in [1.54, 1.807) is 31.2 Å². The smallest absolute Gasteiger partial charge is 0.316 e. The number of hydrogen-bond acceptors (Lipinski definition) is 10. The van der Waals surface area contributed by atoms with Gasteiger partial charge in [-0.15, -0.1) is 10.2 Å². The Bertz CT molecular complexity index is 933. The van der Waals surface area contributed by atoms with Crippen LogP contribution in [0.2, 0.25) is 0 Å². The normalized spacial score (nSPS) is 13.6. The predicted octanol–water partition coefficient (Wildman–Crippen LogP) is 2.64. The summed E-state index contributed by atoms with van der Waals surface area (Å²) in [6.45, 7) is 2.17. The van der Waals surface area contributed by atoms with Crippen molar-refractivity contribution in [3.8, 4) is 0 Å². The topological polar surface area (TPSA) is 119 Å². The highest BCUT2D eigenvalue weighted by Gasteiger charge is 2.29. The molecular weight excluding hydrogens is 436 g/mol. The van der Waals surface area contributed by atoms with Crippen molar-refractivity contribution in [2.24, 2.45) is 0 Å². The Morgan fingerprint density at radius 1 is 1.31 bits per heavy atom. The molecule has 0 atom stereocenters. The molecule has 2 aromatic rings. The van der Waals surface area contributed by atoms with Crippen molar-refractivity contribution in [2.45, 2.75) is 17.8 Å². The molecule has 1 aromatic heterocycles. The van der Waals surface area contributed by atoms with Gasteiger partial charge in [-0.2, -0.15) is 0 Å². The van der Waals surface area contributed by atoms with E-state index in [0.29, 0.717) is 27.2 Å². The summed E-state index contributed by atoms with van der Waals surface area (Å²) in [5.41, 5.74) is 1.04. The molecule has 2 heterocycles. The summed E-state index contributed by atoms with van der Waals surface area (Å²) >= 11 is 3.30. The quantitative estimate of drug-likeness (QED) is 0.366. The molecule has 12 heteroatoms. The van der Waals surface area contributed by atoms with Crippen molar-refractivity contribution in [1.82, 2.24) is 15.1 Å². The summed E-state index contributed by atoms with van der Waals surface area (Å²) in [6, 6.07) is 6.67. The number of carbonyl (C=O) groups is 4. The van der Waals surface area contributed by atoms with Crippen molar-refractivity contribution in [3.63, 3.8) is 0 Å². The zero-order valence-corrected chi connectivity index (χ0v) is 17.7. The molecule has 0 bridgehead atoms. The van der Waals surface area contributed by atoms with E-state index in [9.17, 15) is 19.2 Å². The fourth-order valence-electron chi connectivity index (χ4n) is 2.34. The van der Waals surface area contributed by atoms with E-state index in [2.05, 4.69) is 15.5 Å². The number of ether oxygens (including phenoxy) is 1. The van der Waals surface area contributed by atoms with Gasteiger partial charge in [-0.05, 0) is 24.6 Å². The van der Waals surface area contributed by atoms with Crippen LogP contribution in [0.4, 0.5) is 9.93 Å². The number of esters is 1. The lowest BCUT2D eigenvalue weighted by molar-refractivity contribution is -0.139. The van der Waals surface area contributed by atoms with E-state index >= 15 is 0 Å². The largest absolute Gasteiger partial charge is 0.465 e. The van der Waals surface area contributed by atoms with Gasteiger partial charge in [-0.3, -0.25) is 29.4 Å². The summed E-state index contributed by atoms with van der Waals surface area (Å²) in [5, 5.41) is 10.5. The highest BCUT2D eigenvalue weighted by atomic mass is 32.2. The molecule has 9 nitrogen and oxygen atoms in total. The number of nitrogens with zero attached hydrogens (tertiary/aromatic N) is 3. The zero-order valence-electron chi connectivity index (χ0n) is 15.2. The van der Waals surface area contributed by atoms with E-state index in [1.807, 2.05) is 0 Å². The van der Waals surface area contributed by atoms with Crippen molar-refractivity contribution in [3.05, 3.63) is 35.4 Å². The van der Waals surface area contributed by atoms with Crippen LogP contribution < -0.4 is 5.32 Å². The summed E-state index contributed by atoms with van der Waals surface area (Å²) in [4.78, 5) is 48.5. The summed E-state index contributed by atoms with van der Waals surface area (Å²) in [7, 11) is 0.